The largest absolute Gasteiger partial charge is 0.508 e. The zero-order valence-corrected chi connectivity index (χ0v) is 9.43. The first-order valence-electron chi connectivity index (χ1n) is 5.34. The topological polar surface area (TPSA) is 49.8 Å². The Morgan fingerprint density at radius 2 is 2.25 bits per heavy atom. The molecular formula is C12H15NO3. The molecule has 0 aromatic heterocycles. The third-order valence-electron chi connectivity index (χ3n) is 2.43. The van der Waals surface area contributed by atoms with E-state index in [9.17, 15) is 9.90 Å². The molecule has 4 nitrogen and oxygen atoms in total. The summed E-state index contributed by atoms with van der Waals surface area (Å²) in [5, 5.41) is 9.43. The Hall–Kier alpha value is -1.71. The highest BCUT2D eigenvalue weighted by Crippen LogP contribution is 2.35. The molecule has 0 spiro atoms. The Bertz CT molecular complexity index is 415. The summed E-state index contributed by atoms with van der Waals surface area (Å²) in [5.74, 6) is 1.10. The fraction of sp³-hybridized carbons (Fsp3) is 0.417. The number of carbonyl (C=O) groups is 1. The molecule has 1 aromatic carbocycles. The van der Waals surface area contributed by atoms with Crippen molar-refractivity contribution >= 4 is 11.6 Å². The van der Waals surface area contributed by atoms with Crippen molar-refractivity contribution in [3.8, 4) is 11.5 Å². The molecule has 0 saturated heterocycles. The van der Waals surface area contributed by atoms with Crippen molar-refractivity contribution in [3.05, 3.63) is 18.2 Å². The molecule has 86 valence electrons. The smallest absolute Gasteiger partial charge is 0.265 e. The summed E-state index contributed by atoms with van der Waals surface area (Å²) in [6.45, 7) is 4.81. The van der Waals surface area contributed by atoms with Crippen molar-refractivity contribution in [2.24, 2.45) is 5.92 Å². The maximum Gasteiger partial charge on any atom is 0.265 e. The van der Waals surface area contributed by atoms with Gasteiger partial charge in [0.15, 0.2) is 6.61 Å². The molecule has 0 atom stereocenters. The minimum Gasteiger partial charge on any atom is -0.508 e. The minimum atomic E-state index is -0.0631. The molecular weight excluding hydrogens is 206 g/mol. The molecule has 1 aromatic rings. The standard InChI is InChI=1S/C12H15NO3/c1-8(2)6-13-10-5-9(14)3-4-11(10)16-7-12(13)15/h3-5,8,14H,6-7H2,1-2H3. The molecule has 1 aliphatic rings. The monoisotopic (exact) mass is 221 g/mol. The van der Waals surface area contributed by atoms with Gasteiger partial charge in [-0.25, -0.2) is 0 Å². The van der Waals surface area contributed by atoms with Crippen LogP contribution in [0.25, 0.3) is 0 Å². The maximum atomic E-state index is 11.7. The zero-order valence-electron chi connectivity index (χ0n) is 9.43. The van der Waals surface area contributed by atoms with Crippen molar-refractivity contribution in [3.63, 3.8) is 0 Å². The molecule has 0 bridgehead atoms. The molecule has 1 amide bonds. The quantitative estimate of drug-likeness (QED) is 0.828. The van der Waals surface area contributed by atoms with Crippen molar-refractivity contribution in [1.82, 2.24) is 0 Å². The summed E-state index contributed by atoms with van der Waals surface area (Å²) >= 11 is 0. The van der Waals surface area contributed by atoms with Crippen LogP contribution in [0.3, 0.4) is 0 Å². The number of hydrogen-bond acceptors (Lipinski definition) is 3. The van der Waals surface area contributed by atoms with E-state index in [1.165, 1.54) is 0 Å². The first-order valence-corrected chi connectivity index (χ1v) is 5.34. The molecule has 16 heavy (non-hydrogen) atoms. The lowest BCUT2D eigenvalue weighted by Gasteiger charge is -2.30. The number of phenolic OH excluding ortho intramolecular Hbond substituents is 1. The summed E-state index contributed by atoms with van der Waals surface area (Å²) < 4.78 is 5.30. The molecule has 0 aliphatic carbocycles. The van der Waals surface area contributed by atoms with Gasteiger partial charge >= 0.3 is 0 Å². The van der Waals surface area contributed by atoms with E-state index in [-0.39, 0.29) is 18.3 Å². The van der Waals surface area contributed by atoms with Crippen molar-refractivity contribution in [2.45, 2.75) is 13.8 Å². The van der Waals surface area contributed by atoms with Crippen molar-refractivity contribution in [1.29, 1.82) is 0 Å². The predicted octanol–water partition coefficient (Wildman–Crippen LogP) is 1.77. The number of ether oxygens (including phenoxy) is 1. The fourth-order valence-corrected chi connectivity index (χ4v) is 1.76. The van der Waals surface area contributed by atoms with Crippen molar-refractivity contribution in [2.75, 3.05) is 18.1 Å². The number of nitrogens with zero attached hydrogens (tertiary/aromatic N) is 1. The molecule has 4 heteroatoms. The molecule has 1 heterocycles. The Balaban J connectivity index is 2.38. The predicted molar refractivity (Wildman–Crippen MR) is 60.8 cm³/mol. The van der Waals surface area contributed by atoms with E-state index in [2.05, 4.69) is 0 Å². The van der Waals surface area contributed by atoms with E-state index < -0.39 is 0 Å². The van der Waals surface area contributed by atoms with E-state index in [0.29, 0.717) is 23.9 Å². The van der Waals surface area contributed by atoms with Gasteiger partial charge in [0.25, 0.3) is 5.91 Å². The number of amides is 1. The van der Waals surface area contributed by atoms with E-state index in [1.54, 1.807) is 23.1 Å². The number of rotatable bonds is 2. The highest BCUT2D eigenvalue weighted by molar-refractivity contribution is 5.98. The normalized spacial score (nSPS) is 14.9. The third-order valence-corrected chi connectivity index (χ3v) is 2.43. The van der Waals surface area contributed by atoms with Crippen LogP contribution in [0.4, 0.5) is 5.69 Å². The van der Waals surface area contributed by atoms with E-state index in [4.69, 9.17) is 4.74 Å². The van der Waals surface area contributed by atoms with Gasteiger partial charge in [0.2, 0.25) is 0 Å². The second-order valence-corrected chi connectivity index (χ2v) is 4.34. The van der Waals surface area contributed by atoms with Gasteiger partial charge in [0, 0.05) is 12.6 Å². The summed E-state index contributed by atoms with van der Waals surface area (Å²) in [4.78, 5) is 13.4. The third kappa shape index (κ3) is 1.96. The summed E-state index contributed by atoms with van der Waals surface area (Å²) in [6.07, 6.45) is 0. The molecule has 0 saturated carbocycles. The summed E-state index contributed by atoms with van der Waals surface area (Å²) in [5.41, 5.74) is 0.657. The lowest BCUT2D eigenvalue weighted by atomic mass is 10.1. The van der Waals surface area contributed by atoms with Crippen LogP contribution in [0.15, 0.2) is 18.2 Å². The van der Waals surface area contributed by atoms with E-state index in [0.717, 1.165) is 0 Å². The van der Waals surface area contributed by atoms with Crippen LogP contribution in [0.1, 0.15) is 13.8 Å². The number of carbonyl (C=O) groups excluding carboxylic acids is 1. The molecule has 0 fully saturated rings. The van der Waals surface area contributed by atoms with Gasteiger partial charge < -0.3 is 14.7 Å². The second kappa shape index (κ2) is 4.04. The first-order chi connectivity index (χ1) is 7.58. The summed E-state index contributed by atoms with van der Waals surface area (Å²) in [7, 11) is 0. The molecule has 0 radical (unpaired) electrons. The van der Waals surface area contributed by atoms with Crippen LogP contribution in [0.5, 0.6) is 11.5 Å². The van der Waals surface area contributed by atoms with Gasteiger partial charge in [-0.2, -0.15) is 0 Å². The Morgan fingerprint density at radius 3 is 2.94 bits per heavy atom. The highest BCUT2D eigenvalue weighted by atomic mass is 16.5. The number of phenols is 1. The number of hydrogen-bond donors (Lipinski definition) is 1. The molecule has 1 N–H and O–H groups in total. The number of aromatic hydroxyl groups is 1. The van der Waals surface area contributed by atoms with E-state index in [1.807, 2.05) is 13.8 Å². The SMILES string of the molecule is CC(C)CN1C(=O)COc2ccc(O)cc21. The Labute approximate surface area is 94.4 Å². The number of anilines is 1. The van der Waals surface area contributed by atoms with Crippen molar-refractivity contribution < 1.29 is 14.6 Å². The van der Waals surface area contributed by atoms with Crippen LogP contribution in [0.2, 0.25) is 0 Å². The van der Waals surface area contributed by atoms with Crippen LogP contribution >= 0.6 is 0 Å². The number of fused-ring (bicyclic) bond motifs is 1. The molecule has 0 unspecified atom stereocenters. The first kappa shape index (κ1) is 10.8. The summed E-state index contributed by atoms with van der Waals surface area (Å²) in [6, 6.07) is 4.81. The second-order valence-electron chi connectivity index (χ2n) is 4.34. The zero-order chi connectivity index (χ0) is 11.7. The van der Waals surface area contributed by atoms with Crippen LogP contribution < -0.4 is 9.64 Å². The minimum absolute atomic E-state index is 0.0631. The van der Waals surface area contributed by atoms with Crippen LogP contribution in [0, 0.1) is 5.92 Å². The van der Waals surface area contributed by atoms with Gasteiger partial charge in [-0.1, -0.05) is 13.8 Å². The Kier molecular flexibility index (Phi) is 2.73. The number of benzene rings is 1. The van der Waals surface area contributed by atoms with Gasteiger partial charge in [-0.15, -0.1) is 0 Å². The average Bonchev–Trinajstić information content (AvgIpc) is 2.22. The molecule has 1 aliphatic heterocycles. The average molecular weight is 221 g/mol. The highest BCUT2D eigenvalue weighted by Gasteiger charge is 2.26. The lowest BCUT2D eigenvalue weighted by Crippen LogP contribution is -2.40. The van der Waals surface area contributed by atoms with Gasteiger partial charge in [0.1, 0.15) is 11.5 Å². The van der Waals surface area contributed by atoms with Gasteiger partial charge in [-0.3, -0.25) is 4.79 Å². The van der Waals surface area contributed by atoms with Gasteiger partial charge in [-0.05, 0) is 18.1 Å². The van der Waals surface area contributed by atoms with Crippen LogP contribution in [-0.2, 0) is 4.79 Å². The molecule has 2 rings (SSSR count). The Morgan fingerprint density at radius 1 is 1.50 bits per heavy atom. The van der Waals surface area contributed by atoms with E-state index >= 15 is 0 Å². The lowest BCUT2D eigenvalue weighted by molar-refractivity contribution is -0.121. The van der Waals surface area contributed by atoms with Crippen LogP contribution in [-0.4, -0.2) is 24.2 Å². The maximum absolute atomic E-state index is 11.7. The fourth-order valence-electron chi connectivity index (χ4n) is 1.76. The van der Waals surface area contributed by atoms with Gasteiger partial charge in [0.05, 0.1) is 5.69 Å².